The lowest BCUT2D eigenvalue weighted by atomic mass is 10.2. The molecule has 1 aromatic rings. The van der Waals surface area contributed by atoms with Crippen LogP contribution in [0.2, 0.25) is 0 Å². The van der Waals surface area contributed by atoms with E-state index in [-0.39, 0.29) is 5.57 Å². The number of nitrogens with one attached hydrogen (secondary N) is 1. The number of nitriles is 1. The van der Waals surface area contributed by atoms with Crippen molar-refractivity contribution in [2.75, 3.05) is 0 Å². The second-order valence-corrected chi connectivity index (χ2v) is 2.01. The van der Waals surface area contributed by atoms with Crippen LogP contribution in [0.3, 0.4) is 0 Å². The highest BCUT2D eigenvalue weighted by Gasteiger charge is 2.05. The first-order valence-corrected chi connectivity index (χ1v) is 3.08. The summed E-state index contributed by atoms with van der Waals surface area (Å²) in [5, 5.41) is 22.9. The Morgan fingerprint density at radius 3 is 3.00 bits per heavy atom. The van der Waals surface area contributed by atoms with Gasteiger partial charge in [0.05, 0.1) is 6.20 Å². The first kappa shape index (κ1) is 8.01. The van der Waals surface area contributed by atoms with Gasteiger partial charge in [0, 0.05) is 11.8 Å². The zero-order valence-electron chi connectivity index (χ0n) is 5.98. The third-order valence-corrected chi connectivity index (χ3v) is 1.18. The summed E-state index contributed by atoms with van der Waals surface area (Å²) < 4.78 is 0. The van der Waals surface area contributed by atoms with E-state index < -0.39 is 5.97 Å². The summed E-state index contributed by atoms with van der Waals surface area (Å²) in [5.74, 6) is -1.24. The smallest absolute Gasteiger partial charge is 0.346 e. The van der Waals surface area contributed by atoms with E-state index in [1.165, 1.54) is 18.5 Å². The molecule has 0 unspecified atom stereocenters. The summed E-state index contributed by atoms with van der Waals surface area (Å²) in [6.07, 6.45) is 4.17. The molecule has 5 heteroatoms. The highest BCUT2D eigenvalue weighted by Crippen LogP contribution is 2.03. The number of carbonyl (C=O) groups is 1. The third kappa shape index (κ3) is 1.70. The van der Waals surface area contributed by atoms with Crippen LogP contribution in [0.5, 0.6) is 0 Å². The van der Waals surface area contributed by atoms with Crippen LogP contribution < -0.4 is 0 Å². The van der Waals surface area contributed by atoms with Crippen LogP contribution in [0.25, 0.3) is 6.08 Å². The van der Waals surface area contributed by atoms with Gasteiger partial charge in [0.15, 0.2) is 0 Å². The van der Waals surface area contributed by atoms with Crippen molar-refractivity contribution in [2.45, 2.75) is 0 Å². The van der Waals surface area contributed by atoms with Gasteiger partial charge in [-0.3, -0.25) is 5.10 Å². The van der Waals surface area contributed by atoms with Gasteiger partial charge in [-0.15, -0.1) is 0 Å². The van der Waals surface area contributed by atoms with Gasteiger partial charge in [0.2, 0.25) is 0 Å². The molecule has 12 heavy (non-hydrogen) atoms. The minimum absolute atomic E-state index is 0.309. The van der Waals surface area contributed by atoms with Crippen molar-refractivity contribution in [1.29, 1.82) is 5.26 Å². The van der Waals surface area contributed by atoms with E-state index in [9.17, 15) is 4.79 Å². The third-order valence-electron chi connectivity index (χ3n) is 1.18. The molecule has 1 aromatic heterocycles. The molecule has 0 amide bonds. The molecule has 0 saturated carbocycles. The molecule has 0 bridgehead atoms. The number of carboxylic acids is 1. The fourth-order valence-electron chi connectivity index (χ4n) is 0.648. The molecule has 0 aromatic carbocycles. The summed E-state index contributed by atoms with van der Waals surface area (Å²) in [5.41, 5.74) is 0.255. The predicted octanol–water partition coefficient (Wildman–Crippen LogP) is 0.401. The van der Waals surface area contributed by atoms with Gasteiger partial charge in [-0.05, 0) is 6.08 Å². The Hall–Kier alpha value is -2.09. The van der Waals surface area contributed by atoms with Crippen molar-refractivity contribution < 1.29 is 9.90 Å². The zero-order chi connectivity index (χ0) is 8.97. The molecular formula is C7H5N3O2. The van der Waals surface area contributed by atoms with E-state index >= 15 is 0 Å². The highest BCUT2D eigenvalue weighted by atomic mass is 16.4. The van der Waals surface area contributed by atoms with E-state index in [1.807, 2.05) is 0 Å². The molecule has 0 spiro atoms. The van der Waals surface area contributed by atoms with E-state index in [0.29, 0.717) is 5.56 Å². The minimum Gasteiger partial charge on any atom is -0.477 e. The summed E-state index contributed by atoms with van der Waals surface area (Å²) in [6, 6.07) is 1.56. The molecule has 1 rings (SSSR count). The van der Waals surface area contributed by atoms with Gasteiger partial charge in [-0.2, -0.15) is 10.4 Å². The summed E-state index contributed by atoms with van der Waals surface area (Å²) >= 11 is 0. The maximum absolute atomic E-state index is 10.3. The van der Waals surface area contributed by atoms with Gasteiger partial charge in [0.1, 0.15) is 11.6 Å². The molecule has 0 aliphatic rings. The van der Waals surface area contributed by atoms with Crippen LogP contribution in [0.4, 0.5) is 0 Å². The van der Waals surface area contributed by atoms with Crippen molar-refractivity contribution in [3.63, 3.8) is 0 Å². The monoisotopic (exact) mass is 163 g/mol. The zero-order valence-corrected chi connectivity index (χ0v) is 5.98. The van der Waals surface area contributed by atoms with Crippen molar-refractivity contribution in [1.82, 2.24) is 10.2 Å². The van der Waals surface area contributed by atoms with Crippen molar-refractivity contribution >= 4 is 12.0 Å². The highest BCUT2D eigenvalue weighted by molar-refractivity contribution is 5.96. The van der Waals surface area contributed by atoms with Gasteiger partial charge in [0.25, 0.3) is 0 Å². The lowest BCUT2D eigenvalue weighted by molar-refractivity contribution is -0.132. The lowest BCUT2D eigenvalue weighted by Crippen LogP contribution is -1.96. The molecule has 0 aliphatic carbocycles. The number of aliphatic carboxylic acids is 1. The van der Waals surface area contributed by atoms with Gasteiger partial charge in [-0.25, -0.2) is 4.79 Å². The number of nitrogens with zero attached hydrogens (tertiary/aromatic N) is 2. The Labute approximate surface area is 67.9 Å². The second-order valence-electron chi connectivity index (χ2n) is 2.01. The maximum Gasteiger partial charge on any atom is 0.346 e. The normalized spacial score (nSPS) is 10.8. The van der Waals surface area contributed by atoms with Crippen LogP contribution >= 0.6 is 0 Å². The Bertz CT molecular complexity index is 345. The summed E-state index contributed by atoms with van der Waals surface area (Å²) in [6.45, 7) is 0. The molecule has 5 nitrogen and oxygen atoms in total. The van der Waals surface area contributed by atoms with Gasteiger partial charge >= 0.3 is 5.97 Å². The average molecular weight is 163 g/mol. The Kier molecular flexibility index (Phi) is 2.23. The molecule has 60 valence electrons. The second kappa shape index (κ2) is 3.34. The number of H-pyrrole nitrogens is 1. The largest absolute Gasteiger partial charge is 0.477 e. The number of carboxylic acid groups (broad SMARTS) is 1. The topological polar surface area (TPSA) is 89.8 Å². The number of hydrogen-bond acceptors (Lipinski definition) is 3. The molecule has 0 saturated heterocycles. The Morgan fingerprint density at radius 2 is 2.58 bits per heavy atom. The van der Waals surface area contributed by atoms with Crippen LogP contribution in [-0.4, -0.2) is 21.3 Å². The van der Waals surface area contributed by atoms with Crippen molar-refractivity contribution in [2.24, 2.45) is 0 Å². The molecule has 2 N–H and O–H groups in total. The van der Waals surface area contributed by atoms with Gasteiger partial charge < -0.3 is 5.11 Å². The standard InChI is InChI=1S/C7H5N3O2/c8-2-6(7(11)12)1-5-3-9-10-4-5/h1,3-4H,(H,9,10)(H,11,12)/b6-1+. The van der Waals surface area contributed by atoms with E-state index in [4.69, 9.17) is 10.4 Å². The molecule has 0 fully saturated rings. The minimum atomic E-state index is -1.24. The SMILES string of the molecule is N#C/C(=C\c1cn[nH]c1)C(=O)O. The molecule has 1 heterocycles. The van der Waals surface area contributed by atoms with E-state index in [0.717, 1.165) is 0 Å². The van der Waals surface area contributed by atoms with E-state index in [1.54, 1.807) is 6.07 Å². The fourth-order valence-corrected chi connectivity index (χ4v) is 0.648. The van der Waals surface area contributed by atoms with E-state index in [2.05, 4.69) is 10.2 Å². The van der Waals surface area contributed by atoms with Crippen LogP contribution in [0.15, 0.2) is 18.0 Å². The maximum atomic E-state index is 10.3. The number of rotatable bonds is 2. The Balaban J connectivity index is 2.95. The molecular weight excluding hydrogens is 158 g/mol. The van der Waals surface area contributed by atoms with Crippen LogP contribution in [0.1, 0.15) is 5.56 Å². The van der Waals surface area contributed by atoms with Crippen LogP contribution in [-0.2, 0) is 4.79 Å². The molecule has 0 atom stereocenters. The van der Waals surface area contributed by atoms with Crippen molar-refractivity contribution in [3.8, 4) is 6.07 Å². The molecule has 0 aliphatic heterocycles. The predicted molar refractivity (Wildman–Crippen MR) is 39.8 cm³/mol. The average Bonchev–Trinajstić information content (AvgIpc) is 2.51. The van der Waals surface area contributed by atoms with Crippen molar-refractivity contribution in [3.05, 3.63) is 23.5 Å². The van der Waals surface area contributed by atoms with Crippen LogP contribution in [0, 0.1) is 11.3 Å². The quantitative estimate of drug-likeness (QED) is 0.487. The number of aromatic amines is 1. The lowest BCUT2D eigenvalue weighted by Gasteiger charge is -1.86. The first-order chi connectivity index (χ1) is 5.74. The molecule has 0 radical (unpaired) electrons. The Morgan fingerprint density at radius 1 is 1.83 bits per heavy atom. The van der Waals surface area contributed by atoms with Gasteiger partial charge in [-0.1, -0.05) is 0 Å². The summed E-state index contributed by atoms with van der Waals surface area (Å²) in [4.78, 5) is 10.3. The number of aromatic nitrogens is 2. The summed E-state index contributed by atoms with van der Waals surface area (Å²) in [7, 11) is 0. The number of hydrogen-bond donors (Lipinski definition) is 2. The first-order valence-electron chi connectivity index (χ1n) is 3.08. The fraction of sp³-hybridized carbons (Fsp3) is 0.